The van der Waals surface area contributed by atoms with Gasteiger partial charge in [-0.15, -0.1) is 0 Å². The number of carboxylic acid groups (broad SMARTS) is 1. The van der Waals surface area contributed by atoms with E-state index in [9.17, 15) is 4.79 Å². The molecule has 1 aromatic rings. The summed E-state index contributed by atoms with van der Waals surface area (Å²) in [5.41, 5.74) is -0.289. The monoisotopic (exact) mass is 252 g/mol. The van der Waals surface area contributed by atoms with Crippen LogP contribution in [0, 0.1) is 6.92 Å². The Balaban J connectivity index is 0. The van der Waals surface area contributed by atoms with Crippen LogP contribution in [0.15, 0.2) is 12.1 Å². The molecule has 0 saturated carbocycles. The molecular formula is C10H13KO5. The first kappa shape index (κ1) is 18.1. The first-order chi connectivity index (χ1) is 6.93. The maximum absolute atomic E-state index is 10.3. The van der Waals surface area contributed by atoms with Gasteiger partial charge in [-0.05, 0) is 12.1 Å². The van der Waals surface area contributed by atoms with Gasteiger partial charge in [-0.1, -0.05) is 6.92 Å². The van der Waals surface area contributed by atoms with E-state index in [2.05, 4.69) is 6.92 Å². The molecule has 0 aliphatic rings. The quantitative estimate of drug-likeness (QED) is 0.284. The van der Waals surface area contributed by atoms with Gasteiger partial charge in [-0.2, -0.15) is 6.42 Å². The average molecular weight is 252 g/mol. The number of aromatic hydroxyl groups is 3. The Hall–Kier alpha value is -0.274. The fourth-order valence-electron chi connectivity index (χ4n) is 0.728. The standard InChI is InChI=1S/C7H6O5.C3H7.K/c8-4-1-3(7(11)12)2-5(9)6(4)10;1-3-2;/h1-2,8-10H,(H,11,12);1,3H2,2H3;/q;-1;+1. The van der Waals surface area contributed by atoms with Crippen molar-refractivity contribution in [1.29, 1.82) is 0 Å². The summed E-state index contributed by atoms with van der Waals surface area (Å²) in [6.07, 6.45) is 1.00. The molecule has 1 aromatic carbocycles. The van der Waals surface area contributed by atoms with Gasteiger partial charge in [0.25, 0.3) is 0 Å². The van der Waals surface area contributed by atoms with Gasteiger partial charge in [0.1, 0.15) is 0 Å². The van der Waals surface area contributed by atoms with Gasteiger partial charge in [0.15, 0.2) is 17.2 Å². The second kappa shape index (κ2) is 8.83. The van der Waals surface area contributed by atoms with Crippen molar-refractivity contribution < 1.29 is 76.6 Å². The SMILES string of the molecule is O=C(O)c1cc(O)c(O)c(O)c1.[CH2-]CC.[K+]. The number of hydrogen-bond donors (Lipinski definition) is 4. The molecule has 0 saturated heterocycles. The van der Waals surface area contributed by atoms with Crippen LogP contribution in [-0.4, -0.2) is 26.4 Å². The van der Waals surface area contributed by atoms with E-state index >= 15 is 0 Å². The Bertz CT molecular complexity index is 328. The molecule has 0 bridgehead atoms. The second-order valence-electron chi connectivity index (χ2n) is 2.67. The van der Waals surface area contributed by atoms with Crippen LogP contribution in [0.5, 0.6) is 17.2 Å². The molecule has 6 heteroatoms. The van der Waals surface area contributed by atoms with Crippen LogP contribution in [0.1, 0.15) is 23.7 Å². The van der Waals surface area contributed by atoms with E-state index < -0.39 is 23.2 Å². The zero-order valence-corrected chi connectivity index (χ0v) is 12.4. The van der Waals surface area contributed by atoms with Gasteiger partial charge in [0, 0.05) is 0 Å². The summed E-state index contributed by atoms with van der Waals surface area (Å²) in [5, 5.41) is 35.0. The summed E-state index contributed by atoms with van der Waals surface area (Å²) in [4.78, 5) is 10.3. The summed E-state index contributed by atoms with van der Waals surface area (Å²) in [5.74, 6) is -3.33. The topological polar surface area (TPSA) is 98.0 Å². The first-order valence-corrected chi connectivity index (χ1v) is 4.21. The summed E-state index contributed by atoms with van der Waals surface area (Å²) in [6, 6.07) is 1.69. The minimum Gasteiger partial charge on any atom is -0.504 e. The van der Waals surface area contributed by atoms with Crippen molar-refractivity contribution in [3.63, 3.8) is 0 Å². The smallest absolute Gasteiger partial charge is 0.504 e. The van der Waals surface area contributed by atoms with Crippen molar-refractivity contribution in [3.8, 4) is 17.2 Å². The van der Waals surface area contributed by atoms with Crippen molar-refractivity contribution in [3.05, 3.63) is 24.6 Å². The average Bonchev–Trinajstić information content (AvgIpc) is 2.14. The fourth-order valence-corrected chi connectivity index (χ4v) is 0.728. The van der Waals surface area contributed by atoms with Gasteiger partial charge < -0.3 is 27.3 Å². The zero-order chi connectivity index (χ0) is 12.0. The van der Waals surface area contributed by atoms with E-state index in [1.54, 1.807) is 0 Å². The van der Waals surface area contributed by atoms with Gasteiger partial charge in [-0.25, -0.2) is 4.79 Å². The number of carbonyl (C=O) groups is 1. The van der Waals surface area contributed by atoms with Crippen LogP contribution in [0.25, 0.3) is 0 Å². The zero-order valence-electron chi connectivity index (χ0n) is 9.27. The van der Waals surface area contributed by atoms with Gasteiger partial charge in [0.05, 0.1) is 5.56 Å². The largest absolute Gasteiger partial charge is 1.00 e. The molecule has 5 nitrogen and oxygen atoms in total. The van der Waals surface area contributed by atoms with Crippen molar-refractivity contribution in [2.75, 3.05) is 0 Å². The van der Waals surface area contributed by atoms with E-state index in [-0.39, 0.29) is 56.9 Å². The van der Waals surface area contributed by atoms with Gasteiger partial charge in [-0.3, -0.25) is 0 Å². The van der Waals surface area contributed by atoms with E-state index in [4.69, 9.17) is 20.4 Å². The third-order valence-electron chi connectivity index (χ3n) is 1.32. The van der Waals surface area contributed by atoms with Crippen molar-refractivity contribution >= 4 is 5.97 Å². The number of rotatable bonds is 1. The van der Waals surface area contributed by atoms with Gasteiger partial charge in [0.2, 0.25) is 0 Å². The third kappa shape index (κ3) is 5.71. The third-order valence-corrected chi connectivity index (χ3v) is 1.32. The van der Waals surface area contributed by atoms with E-state index in [1.165, 1.54) is 0 Å². The Morgan fingerprint density at radius 2 is 1.56 bits per heavy atom. The molecular weight excluding hydrogens is 239 g/mol. The first-order valence-electron chi connectivity index (χ1n) is 4.21. The molecule has 0 unspecified atom stereocenters. The van der Waals surface area contributed by atoms with Crippen LogP contribution < -0.4 is 51.4 Å². The Morgan fingerprint density at radius 1 is 1.25 bits per heavy atom. The number of phenols is 3. The summed E-state index contributed by atoms with van der Waals surface area (Å²) < 4.78 is 0. The summed E-state index contributed by atoms with van der Waals surface area (Å²) >= 11 is 0. The number of aromatic carboxylic acids is 1. The Labute approximate surface area is 136 Å². The molecule has 0 aromatic heterocycles. The number of hydrogen-bond acceptors (Lipinski definition) is 4. The molecule has 0 atom stereocenters. The molecule has 0 radical (unpaired) electrons. The number of benzene rings is 1. The maximum atomic E-state index is 10.3. The van der Waals surface area contributed by atoms with Crippen LogP contribution in [0.4, 0.5) is 0 Å². The summed E-state index contributed by atoms with van der Waals surface area (Å²) in [7, 11) is 0. The maximum Gasteiger partial charge on any atom is 1.00 e. The van der Waals surface area contributed by atoms with Gasteiger partial charge >= 0.3 is 57.4 Å². The summed E-state index contributed by atoms with van der Waals surface area (Å²) in [6.45, 7) is 5.50. The molecule has 84 valence electrons. The molecule has 0 heterocycles. The number of carboxylic acids is 1. The molecule has 0 aliphatic heterocycles. The van der Waals surface area contributed by atoms with E-state index in [0.717, 1.165) is 18.6 Å². The fraction of sp³-hybridized carbons (Fsp3) is 0.200. The molecule has 16 heavy (non-hydrogen) atoms. The van der Waals surface area contributed by atoms with E-state index in [0.29, 0.717) is 0 Å². The van der Waals surface area contributed by atoms with Crippen LogP contribution in [0.2, 0.25) is 0 Å². The molecule has 0 spiro atoms. The normalized spacial score (nSPS) is 8.38. The predicted octanol–water partition coefficient (Wildman–Crippen LogP) is -1.26. The molecule has 1 rings (SSSR count). The van der Waals surface area contributed by atoms with Crippen molar-refractivity contribution in [2.45, 2.75) is 13.3 Å². The van der Waals surface area contributed by atoms with Crippen molar-refractivity contribution in [2.24, 2.45) is 0 Å². The Morgan fingerprint density at radius 3 is 1.81 bits per heavy atom. The minimum absolute atomic E-state index is 0. The molecule has 0 amide bonds. The Kier molecular flexibility index (Phi) is 9.99. The molecule has 0 aliphatic carbocycles. The second-order valence-corrected chi connectivity index (χ2v) is 2.67. The van der Waals surface area contributed by atoms with Crippen LogP contribution >= 0.6 is 0 Å². The van der Waals surface area contributed by atoms with Crippen molar-refractivity contribution in [1.82, 2.24) is 0 Å². The minimum atomic E-state index is -1.29. The predicted molar refractivity (Wildman–Crippen MR) is 54.0 cm³/mol. The molecule has 4 N–H and O–H groups in total. The van der Waals surface area contributed by atoms with Crippen LogP contribution in [-0.2, 0) is 0 Å². The van der Waals surface area contributed by atoms with Crippen LogP contribution in [0.3, 0.4) is 0 Å². The van der Waals surface area contributed by atoms with E-state index in [1.807, 2.05) is 6.92 Å². The number of phenolic OH excluding ortho intramolecular Hbond substituents is 3. The molecule has 0 fully saturated rings.